The van der Waals surface area contributed by atoms with Crippen molar-refractivity contribution in [3.8, 4) is 5.75 Å². The smallest absolute Gasteiger partial charge is 0.253 e. The molecule has 0 radical (unpaired) electrons. The first-order chi connectivity index (χ1) is 20.3. The van der Waals surface area contributed by atoms with E-state index in [0.29, 0.717) is 51.4 Å². The van der Waals surface area contributed by atoms with E-state index in [4.69, 9.17) is 4.74 Å². The molecule has 0 aliphatic carbocycles. The van der Waals surface area contributed by atoms with Gasteiger partial charge in [0.1, 0.15) is 17.9 Å². The van der Waals surface area contributed by atoms with Crippen molar-refractivity contribution >= 4 is 34.4 Å². The van der Waals surface area contributed by atoms with E-state index >= 15 is 0 Å². The number of ether oxygens (including phenoxy) is 1. The highest BCUT2D eigenvalue weighted by Crippen LogP contribution is 2.25. The highest BCUT2D eigenvalue weighted by molar-refractivity contribution is 5.96. The summed E-state index contributed by atoms with van der Waals surface area (Å²) >= 11 is 0. The van der Waals surface area contributed by atoms with Gasteiger partial charge in [-0.1, -0.05) is 12.1 Å². The second kappa shape index (κ2) is 13.0. The molecule has 220 valence electrons. The highest BCUT2D eigenvalue weighted by atomic mass is 16.5. The van der Waals surface area contributed by atoms with E-state index in [1.54, 1.807) is 18.2 Å². The molecule has 0 saturated carbocycles. The first kappa shape index (κ1) is 29.0. The first-order valence-electron chi connectivity index (χ1n) is 14.3. The Morgan fingerprint density at radius 2 is 1.74 bits per heavy atom. The predicted molar refractivity (Wildman–Crippen MR) is 163 cm³/mol. The van der Waals surface area contributed by atoms with Gasteiger partial charge in [-0.15, -0.1) is 0 Å². The molecule has 0 spiro atoms. The summed E-state index contributed by atoms with van der Waals surface area (Å²) in [4.78, 5) is 42.4. The topological polar surface area (TPSA) is 99.9 Å². The third kappa shape index (κ3) is 6.52. The van der Waals surface area contributed by atoms with Crippen molar-refractivity contribution in [3.63, 3.8) is 0 Å². The number of benzene rings is 2. The number of carbonyl (C=O) groups excluding carboxylic acids is 2. The lowest BCUT2D eigenvalue weighted by atomic mass is 10.1. The van der Waals surface area contributed by atoms with Crippen LogP contribution in [0, 0.1) is 0 Å². The normalized spacial score (nSPS) is 13.5. The van der Waals surface area contributed by atoms with Crippen LogP contribution in [0.25, 0.3) is 11.0 Å². The number of fused-ring (bicyclic) bond motifs is 1. The van der Waals surface area contributed by atoms with Crippen LogP contribution in [0.5, 0.6) is 5.75 Å². The minimum atomic E-state index is -0.0211. The third-order valence-electron chi connectivity index (χ3n) is 7.40. The Balaban J connectivity index is 1.23. The number of amides is 2. The second-order valence-electron chi connectivity index (χ2n) is 10.6. The molecule has 0 unspecified atom stereocenters. The summed E-state index contributed by atoms with van der Waals surface area (Å²) < 4.78 is 7.52. The first-order valence-corrected chi connectivity index (χ1v) is 14.3. The summed E-state index contributed by atoms with van der Waals surface area (Å²) in [5.41, 5.74) is 3.25. The largest absolute Gasteiger partial charge is 0.494 e. The minimum Gasteiger partial charge on any atom is -0.494 e. The van der Waals surface area contributed by atoms with Crippen LogP contribution in [0.2, 0.25) is 0 Å². The lowest BCUT2D eigenvalue weighted by Gasteiger charge is -2.35. The maximum absolute atomic E-state index is 13.3. The molecule has 11 nitrogen and oxygen atoms in total. The number of rotatable bonds is 10. The Bertz CT molecular complexity index is 1530. The number of nitrogens with zero attached hydrogens (tertiary/aromatic N) is 8. The van der Waals surface area contributed by atoms with Gasteiger partial charge in [0.25, 0.3) is 5.91 Å². The van der Waals surface area contributed by atoms with Gasteiger partial charge in [0.15, 0.2) is 5.65 Å². The lowest BCUT2D eigenvalue weighted by Crippen LogP contribution is -2.49. The Hall–Kier alpha value is -4.51. The summed E-state index contributed by atoms with van der Waals surface area (Å²) in [6.45, 7) is 8.53. The molecule has 2 aromatic heterocycles. The second-order valence-corrected chi connectivity index (χ2v) is 10.6. The standard InChI is InChI=1S/C31H38N8O3/c1-5-42-27-8-6-7-24(19-27)21-39-30-28(20-34-39)29(32-22-33-30)36-14-16-37(17-15-36)31(41)25-9-11-26(12-10-25)38(23(2)40)18-13-35(3)4/h6-12,19-20,22H,5,13-18,21H2,1-4H3. The van der Waals surface area contributed by atoms with Crippen molar-refractivity contribution in [1.29, 1.82) is 0 Å². The Morgan fingerprint density at radius 1 is 0.976 bits per heavy atom. The average Bonchev–Trinajstić information content (AvgIpc) is 3.40. The van der Waals surface area contributed by atoms with E-state index in [0.717, 1.165) is 40.4 Å². The molecule has 11 heteroatoms. The summed E-state index contributed by atoms with van der Waals surface area (Å²) in [5.74, 6) is 1.63. The van der Waals surface area contributed by atoms with Crippen molar-refractivity contribution in [2.45, 2.75) is 20.4 Å². The number of anilines is 2. The van der Waals surface area contributed by atoms with Gasteiger partial charge in [-0.2, -0.15) is 5.10 Å². The van der Waals surface area contributed by atoms with Gasteiger partial charge >= 0.3 is 0 Å². The van der Waals surface area contributed by atoms with Crippen molar-refractivity contribution in [2.24, 2.45) is 0 Å². The van der Waals surface area contributed by atoms with Crippen molar-refractivity contribution in [1.82, 2.24) is 29.5 Å². The molecule has 3 heterocycles. The number of likely N-dealkylation sites (N-methyl/N-ethyl adjacent to an activating group) is 1. The maximum Gasteiger partial charge on any atom is 0.253 e. The lowest BCUT2D eigenvalue weighted by molar-refractivity contribution is -0.116. The quantitative estimate of drug-likeness (QED) is 0.287. The molecule has 42 heavy (non-hydrogen) atoms. The van der Waals surface area contributed by atoms with Crippen molar-refractivity contribution in [3.05, 3.63) is 72.2 Å². The Morgan fingerprint density at radius 3 is 2.43 bits per heavy atom. The molecule has 4 aromatic rings. The van der Waals surface area contributed by atoms with Crippen LogP contribution < -0.4 is 14.5 Å². The van der Waals surface area contributed by atoms with Gasteiger partial charge in [-0.3, -0.25) is 9.59 Å². The van der Waals surface area contributed by atoms with Gasteiger partial charge in [0, 0.05) is 57.4 Å². The fourth-order valence-electron chi connectivity index (χ4n) is 5.18. The van der Waals surface area contributed by atoms with E-state index in [9.17, 15) is 9.59 Å². The van der Waals surface area contributed by atoms with Gasteiger partial charge in [-0.25, -0.2) is 14.6 Å². The van der Waals surface area contributed by atoms with Crippen LogP contribution in [-0.4, -0.2) is 101 Å². The molecular weight excluding hydrogens is 532 g/mol. The number of carbonyl (C=O) groups is 2. The van der Waals surface area contributed by atoms with Crippen molar-refractivity contribution in [2.75, 3.05) is 69.8 Å². The summed E-state index contributed by atoms with van der Waals surface area (Å²) in [6, 6.07) is 15.3. The van der Waals surface area contributed by atoms with Gasteiger partial charge in [-0.05, 0) is 63.0 Å². The van der Waals surface area contributed by atoms with E-state index in [1.165, 1.54) is 0 Å². The fraction of sp³-hybridized carbons (Fsp3) is 0.387. The van der Waals surface area contributed by atoms with E-state index < -0.39 is 0 Å². The van der Waals surface area contributed by atoms with Gasteiger partial charge in [0.05, 0.1) is 24.7 Å². The number of aromatic nitrogens is 4. The van der Waals surface area contributed by atoms with Crippen LogP contribution in [0.15, 0.2) is 61.1 Å². The van der Waals surface area contributed by atoms with Crippen LogP contribution in [-0.2, 0) is 11.3 Å². The minimum absolute atomic E-state index is 0.0150. The van der Waals surface area contributed by atoms with E-state index in [2.05, 4.69) is 20.0 Å². The maximum atomic E-state index is 13.3. The molecule has 5 rings (SSSR count). The van der Waals surface area contributed by atoms with Crippen LogP contribution in [0.4, 0.5) is 11.5 Å². The highest BCUT2D eigenvalue weighted by Gasteiger charge is 2.25. The number of piperazine rings is 1. The molecule has 0 bridgehead atoms. The zero-order valence-electron chi connectivity index (χ0n) is 24.7. The Labute approximate surface area is 246 Å². The van der Waals surface area contributed by atoms with E-state index in [1.807, 2.05) is 90.2 Å². The van der Waals surface area contributed by atoms with Gasteiger partial charge < -0.3 is 24.3 Å². The zero-order valence-corrected chi connectivity index (χ0v) is 24.7. The van der Waals surface area contributed by atoms with E-state index in [-0.39, 0.29) is 11.8 Å². The van der Waals surface area contributed by atoms with Crippen LogP contribution in [0.3, 0.4) is 0 Å². The van der Waals surface area contributed by atoms with Crippen molar-refractivity contribution < 1.29 is 14.3 Å². The van der Waals surface area contributed by atoms with Gasteiger partial charge in [0.2, 0.25) is 5.91 Å². The SMILES string of the molecule is CCOc1cccc(Cn2ncc3c(N4CCN(C(=O)c5ccc(N(CCN(C)C)C(C)=O)cc5)CC4)ncnc32)c1. The molecule has 0 N–H and O–H groups in total. The Kier molecular flexibility index (Phi) is 8.97. The molecule has 0 atom stereocenters. The third-order valence-corrected chi connectivity index (χ3v) is 7.40. The predicted octanol–water partition coefficient (Wildman–Crippen LogP) is 3.15. The summed E-state index contributed by atoms with van der Waals surface area (Å²) in [7, 11) is 3.95. The molecule has 1 fully saturated rings. The summed E-state index contributed by atoms with van der Waals surface area (Å²) in [6.07, 6.45) is 3.40. The molecular formula is C31H38N8O3. The monoisotopic (exact) mass is 570 g/mol. The number of hydrogen-bond acceptors (Lipinski definition) is 8. The molecule has 1 saturated heterocycles. The van der Waals surface area contributed by atoms with Crippen LogP contribution in [0.1, 0.15) is 29.8 Å². The molecule has 1 aliphatic rings. The fourth-order valence-corrected chi connectivity index (χ4v) is 5.18. The molecule has 2 amide bonds. The summed E-state index contributed by atoms with van der Waals surface area (Å²) in [5, 5.41) is 5.50. The molecule has 1 aliphatic heterocycles. The average molecular weight is 571 g/mol. The molecule has 2 aromatic carbocycles. The van der Waals surface area contributed by atoms with Crippen LogP contribution >= 0.6 is 0 Å². The number of hydrogen-bond donors (Lipinski definition) is 0. The zero-order chi connectivity index (χ0) is 29.6.